The average Bonchev–Trinajstić information content (AvgIpc) is 2.57. The van der Waals surface area contributed by atoms with Gasteiger partial charge in [-0.15, -0.1) is 0 Å². The molecule has 0 radical (unpaired) electrons. The quantitative estimate of drug-likeness (QED) is 0.629. The molecule has 0 unspecified atom stereocenters. The number of hydrogen-bond donors (Lipinski definition) is 1. The summed E-state index contributed by atoms with van der Waals surface area (Å²) in [5.74, 6) is 0. The van der Waals surface area contributed by atoms with Gasteiger partial charge in [0.1, 0.15) is 0 Å². The van der Waals surface area contributed by atoms with Gasteiger partial charge in [-0.3, -0.25) is 4.55 Å². The van der Waals surface area contributed by atoms with E-state index < -0.39 is 10.1 Å². The van der Waals surface area contributed by atoms with Crippen LogP contribution in [-0.4, -0.2) is 24.3 Å². The van der Waals surface area contributed by atoms with Crippen molar-refractivity contribution in [1.29, 1.82) is 0 Å². The van der Waals surface area contributed by atoms with Crippen LogP contribution >= 0.6 is 7.92 Å². The van der Waals surface area contributed by atoms with Gasteiger partial charge in [-0.1, -0.05) is 58.6 Å². The van der Waals surface area contributed by atoms with Crippen molar-refractivity contribution in [3.05, 3.63) is 24.3 Å². The average molecular weight is 354 g/mol. The summed E-state index contributed by atoms with van der Waals surface area (Å²) in [6, 6.07) is 7.12. The highest BCUT2D eigenvalue weighted by atomic mass is 32.2. The first-order valence-corrected chi connectivity index (χ1v) is 11.8. The van der Waals surface area contributed by atoms with Gasteiger partial charge >= 0.3 is 0 Å². The molecule has 0 amide bonds. The van der Waals surface area contributed by atoms with Crippen LogP contribution in [0.1, 0.15) is 64.2 Å². The Balaban J connectivity index is 1.87. The predicted molar refractivity (Wildman–Crippen MR) is 96.6 cm³/mol. The SMILES string of the molecule is O=S(=O)(O)c1ccc(P(C2CCCCC2)C2CCCCC2)cc1. The van der Waals surface area contributed by atoms with Crippen molar-refractivity contribution < 1.29 is 13.0 Å². The first kappa shape index (κ1) is 17.4. The maximum Gasteiger partial charge on any atom is 0.294 e. The van der Waals surface area contributed by atoms with E-state index in [-0.39, 0.29) is 12.8 Å². The second-order valence-electron chi connectivity index (χ2n) is 6.96. The highest BCUT2D eigenvalue weighted by Crippen LogP contribution is 2.54. The Morgan fingerprint density at radius 3 is 1.61 bits per heavy atom. The van der Waals surface area contributed by atoms with Crippen LogP contribution in [0.4, 0.5) is 0 Å². The molecule has 1 aromatic rings. The summed E-state index contributed by atoms with van der Waals surface area (Å²) in [5.41, 5.74) is 1.61. The van der Waals surface area contributed by atoms with Crippen molar-refractivity contribution in [3.63, 3.8) is 0 Å². The maximum absolute atomic E-state index is 11.3. The molecule has 1 N–H and O–H groups in total. The minimum atomic E-state index is -4.09. The van der Waals surface area contributed by atoms with Gasteiger partial charge in [0.05, 0.1) is 4.90 Å². The van der Waals surface area contributed by atoms with Crippen molar-refractivity contribution in [2.24, 2.45) is 0 Å². The Bertz CT molecular complexity index is 582. The molecule has 0 atom stereocenters. The highest BCUT2D eigenvalue weighted by molar-refractivity contribution is 7.85. The Hall–Kier alpha value is -0.440. The molecule has 2 saturated carbocycles. The van der Waals surface area contributed by atoms with E-state index in [1.165, 1.54) is 69.5 Å². The minimum Gasteiger partial charge on any atom is -0.282 e. The minimum absolute atomic E-state index is 0.0171. The summed E-state index contributed by atoms with van der Waals surface area (Å²) in [5, 5.41) is 1.34. The molecule has 3 nitrogen and oxygen atoms in total. The largest absolute Gasteiger partial charge is 0.294 e. The van der Waals surface area contributed by atoms with Crippen LogP contribution in [-0.2, 0) is 10.1 Å². The highest BCUT2D eigenvalue weighted by Gasteiger charge is 2.32. The van der Waals surface area contributed by atoms with Gasteiger partial charge in [0.25, 0.3) is 10.1 Å². The number of hydrogen-bond acceptors (Lipinski definition) is 2. The second kappa shape index (κ2) is 7.63. The summed E-state index contributed by atoms with van der Waals surface area (Å²) >= 11 is 0. The lowest BCUT2D eigenvalue weighted by molar-refractivity contribution is 0.483. The Labute approximate surface area is 141 Å². The molecule has 3 rings (SSSR count). The summed E-state index contributed by atoms with van der Waals surface area (Å²) in [6.07, 6.45) is 13.5. The summed E-state index contributed by atoms with van der Waals surface area (Å²) < 4.78 is 31.7. The van der Waals surface area contributed by atoms with Gasteiger partial charge in [-0.25, -0.2) is 0 Å². The van der Waals surface area contributed by atoms with Crippen LogP contribution in [0, 0.1) is 0 Å². The van der Waals surface area contributed by atoms with Crippen molar-refractivity contribution in [3.8, 4) is 0 Å². The van der Waals surface area contributed by atoms with Crippen LogP contribution in [0.3, 0.4) is 0 Å². The number of rotatable bonds is 4. The first-order chi connectivity index (χ1) is 11.1. The van der Waals surface area contributed by atoms with Crippen molar-refractivity contribution in [2.75, 3.05) is 0 Å². The molecule has 128 valence electrons. The molecule has 2 aliphatic carbocycles. The smallest absolute Gasteiger partial charge is 0.282 e. The van der Waals surface area contributed by atoms with Gasteiger partial charge in [0, 0.05) is 0 Å². The van der Waals surface area contributed by atoms with Crippen molar-refractivity contribution in [1.82, 2.24) is 0 Å². The molecule has 0 aliphatic heterocycles. The fourth-order valence-electron chi connectivity index (χ4n) is 4.23. The van der Waals surface area contributed by atoms with Gasteiger partial charge in [0.2, 0.25) is 0 Å². The second-order valence-corrected chi connectivity index (χ2v) is 11.2. The van der Waals surface area contributed by atoms with E-state index in [0.29, 0.717) is 0 Å². The standard InChI is InChI=1S/C18H27O3PS/c19-23(20,21)18-13-11-17(12-14-18)22(15-7-3-1-4-8-15)16-9-5-2-6-10-16/h11-16H,1-10H2,(H,19,20,21). The molecule has 0 saturated heterocycles. The van der Waals surface area contributed by atoms with E-state index in [2.05, 4.69) is 0 Å². The number of benzene rings is 1. The van der Waals surface area contributed by atoms with E-state index in [4.69, 9.17) is 0 Å². The Kier molecular flexibility index (Phi) is 5.77. The third kappa shape index (κ3) is 4.35. The molecule has 0 spiro atoms. The fraction of sp³-hybridized carbons (Fsp3) is 0.667. The summed E-state index contributed by atoms with van der Waals surface area (Å²) in [6.45, 7) is 0. The molecular weight excluding hydrogens is 327 g/mol. The zero-order valence-corrected chi connectivity index (χ0v) is 15.4. The summed E-state index contributed by atoms with van der Waals surface area (Å²) in [7, 11) is -4.30. The predicted octanol–water partition coefficient (Wildman–Crippen LogP) is 4.71. The Morgan fingerprint density at radius 1 is 0.783 bits per heavy atom. The van der Waals surface area contributed by atoms with Crippen LogP contribution < -0.4 is 5.30 Å². The Morgan fingerprint density at radius 2 is 1.22 bits per heavy atom. The molecule has 5 heteroatoms. The third-order valence-electron chi connectivity index (χ3n) is 5.37. The van der Waals surface area contributed by atoms with E-state index in [0.717, 1.165) is 11.3 Å². The topological polar surface area (TPSA) is 54.4 Å². The lowest BCUT2D eigenvalue weighted by atomic mass is 9.99. The fourth-order valence-corrected chi connectivity index (χ4v) is 8.48. The zero-order chi connectivity index (χ0) is 16.3. The van der Waals surface area contributed by atoms with Crippen LogP contribution in [0.25, 0.3) is 0 Å². The normalized spacial score (nSPS) is 21.7. The molecule has 0 aromatic heterocycles. The lowest BCUT2D eigenvalue weighted by Gasteiger charge is -2.38. The monoisotopic (exact) mass is 354 g/mol. The van der Waals surface area contributed by atoms with Gasteiger partial charge in [-0.05, 0) is 54.4 Å². The first-order valence-electron chi connectivity index (χ1n) is 8.91. The van der Waals surface area contributed by atoms with Crippen LogP contribution in [0.5, 0.6) is 0 Å². The molecule has 0 bridgehead atoms. The summed E-state index contributed by atoms with van der Waals surface area (Å²) in [4.78, 5) is 0.0171. The van der Waals surface area contributed by atoms with E-state index in [1.807, 2.05) is 12.1 Å². The molecule has 0 heterocycles. The van der Waals surface area contributed by atoms with Crippen LogP contribution in [0.15, 0.2) is 29.2 Å². The zero-order valence-electron chi connectivity index (χ0n) is 13.7. The maximum atomic E-state index is 11.3. The van der Waals surface area contributed by atoms with Gasteiger partial charge < -0.3 is 0 Å². The lowest BCUT2D eigenvalue weighted by Crippen LogP contribution is -2.26. The third-order valence-corrected chi connectivity index (χ3v) is 9.74. The van der Waals surface area contributed by atoms with E-state index in [9.17, 15) is 13.0 Å². The molecular formula is C18H27O3PS. The molecule has 1 aromatic carbocycles. The molecule has 2 fully saturated rings. The van der Waals surface area contributed by atoms with Crippen LogP contribution in [0.2, 0.25) is 0 Å². The van der Waals surface area contributed by atoms with E-state index >= 15 is 0 Å². The molecule has 23 heavy (non-hydrogen) atoms. The van der Waals surface area contributed by atoms with Crippen molar-refractivity contribution in [2.45, 2.75) is 80.4 Å². The van der Waals surface area contributed by atoms with E-state index in [1.54, 1.807) is 12.1 Å². The van der Waals surface area contributed by atoms with Gasteiger partial charge in [0.15, 0.2) is 0 Å². The van der Waals surface area contributed by atoms with Crippen molar-refractivity contribution >= 4 is 23.3 Å². The van der Waals surface area contributed by atoms with Gasteiger partial charge in [-0.2, -0.15) is 8.42 Å². The molecule has 2 aliphatic rings.